The van der Waals surface area contributed by atoms with E-state index < -0.39 is 66.3 Å². The summed E-state index contributed by atoms with van der Waals surface area (Å²) in [6, 6.07) is 8.16. The van der Waals surface area contributed by atoms with Crippen LogP contribution in [0.15, 0.2) is 48.7 Å². The highest BCUT2D eigenvalue weighted by Gasteiger charge is 2.49. The van der Waals surface area contributed by atoms with Crippen LogP contribution in [0.5, 0.6) is 0 Å². The van der Waals surface area contributed by atoms with Crippen LogP contribution in [-0.4, -0.2) is 67.9 Å². The average molecular weight is 533 g/mol. The van der Waals surface area contributed by atoms with Gasteiger partial charge in [0.05, 0.1) is 17.2 Å². The smallest absolute Gasteiger partial charge is 0.252 e. The number of nitrogens with one attached hydrogen (secondary N) is 3. The molecule has 37 heavy (non-hydrogen) atoms. The average Bonchev–Trinajstić information content (AvgIpc) is 3.26. The molecule has 12 heteroatoms. The molecule has 1 aliphatic carbocycles. The lowest BCUT2D eigenvalue weighted by atomic mass is 9.77. The van der Waals surface area contributed by atoms with E-state index in [-0.39, 0.29) is 17.0 Å². The van der Waals surface area contributed by atoms with E-state index in [1.165, 1.54) is 6.07 Å². The van der Waals surface area contributed by atoms with Gasteiger partial charge in [0.15, 0.2) is 0 Å². The number of para-hydroxylation sites is 1. The van der Waals surface area contributed by atoms with Crippen molar-refractivity contribution in [1.29, 1.82) is 0 Å². The van der Waals surface area contributed by atoms with Gasteiger partial charge in [-0.15, -0.1) is 0 Å². The van der Waals surface area contributed by atoms with Crippen LogP contribution in [0, 0.1) is 5.82 Å². The number of fused-ring (bicyclic) bond motifs is 1. The maximum Gasteiger partial charge on any atom is 0.252 e. The summed E-state index contributed by atoms with van der Waals surface area (Å²) in [5, 5.41) is 37.3. The van der Waals surface area contributed by atoms with Crippen LogP contribution in [0.1, 0.15) is 28.8 Å². The van der Waals surface area contributed by atoms with Crippen molar-refractivity contribution in [2.24, 2.45) is 5.73 Å². The third-order valence-electron chi connectivity index (χ3n) is 6.58. The number of aromatic amines is 1. The van der Waals surface area contributed by atoms with Gasteiger partial charge >= 0.3 is 0 Å². The molecule has 1 aromatic heterocycles. The van der Waals surface area contributed by atoms with Gasteiger partial charge in [-0.2, -0.15) is 0 Å². The molecule has 1 aliphatic rings. The van der Waals surface area contributed by atoms with E-state index in [9.17, 15) is 34.1 Å². The minimum atomic E-state index is -2.25. The van der Waals surface area contributed by atoms with Crippen molar-refractivity contribution < 1.29 is 34.1 Å². The number of amides is 3. The molecule has 5 unspecified atom stereocenters. The van der Waals surface area contributed by atoms with E-state index in [0.717, 1.165) is 23.0 Å². The maximum absolute atomic E-state index is 13.4. The molecule has 2 aromatic carbocycles. The predicted octanol–water partition coefficient (Wildman–Crippen LogP) is 0.518. The normalized spacial score (nSPS) is 24.4. The Morgan fingerprint density at radius 3 is 2.62 bits per heavy atom. The van der Waals surface area contributed by atoms with Gasteiger partial charge in [0.25, 0.3) is 11.8 Å². The van der Waals surface area contributed by atoms with E-state index in [1.54, 1.807) is 6.20 Å². The predicted molar refractivity (Wildman–Crippen MR) is 132 cm³/mol. The lowest BCUT2D eigenvalue weighted by Crippen LogP contribution is -2.64. The molecule has 1 saturated carbocycles. The topological polar surface area (TPSA) is 178 Å². The molecule has 1 heterocycles. The zero-order chi connectivity index (χ0) is 26.9. The molecule has 0 aliphatic heterocycles. The summed E-state index contributed by atoms with van der Waals surface area (Å²) in [5.41, 5.74) is 4.79. The first-order chi connectivity index (χ1) is 17.5. The van der Waals surface area contributed by atoms with E-state index in [1.807, 2.05) is 24.3 Å². The maximum atomic E-state index is 13.4. The number of rotatable bonds is 7. The number of hydrogen-bond donors (Lipinski definition) is 7. The van der Waals surface area contributed by atoms with Crippen molar-refractivity contribution in [1.82, 2.24) is 15.6 Å². The number of halogens is 2. The fourth-order valence-electron chi connectivity index (χ4n) is 4.55. The molecule has 4 rings (SSSR count). The Balaban J connectivity index is 1.49. The fourth-order valence-corrected chi connectivity index (χ4v) is 4.73. The number of aliphatic hydroxyl groups excluding tert-OH is 2. The number of primary amides is 1. The molecular weight excluding hydrogens is 507 g/mol. The molecule has 3 amide bonds. The van der Waals surface area contributed by atoms with Crippen molar-refractivity contribution >= 4 is 40.2 Å². The van der Waals surface area contributed by atoms with Crippen LogP contribution in [-0.2, 0) is 16.0 Å². The first kappa shape index (κ1) is 26.6. The summed E-state index contributed by atoms with van der Waals surface area (Å²) in [6.45, 7) is 0. The van der Waals surface area contributed by atoms with Crippen molar-refractivity contribution in [3.05, 3.63) is 70.6 Å². The Morgan fingerprint density at radius 1 is 1.19 bits per heavy atom. The fraction of sp³-hybridized carbons (Fsp3) is 0.320. The molecule has 0 saturated heterocycles. The molecule has 0 bridgehead atoms. The van der Waals surface area contributed by atoms with Crippen LogP contribution >= 0.6 is 11.6 Å². The standard InChI is InChI=1S/C25H26ClFN4O6/c26-15-7-12(5-6-16(15)27)23(35)30-19-9-25(37,10-20(32)21(19)33)24(36)31-18(22(28)34)8-13-11-29-17-4-2-1-3-14(13)17/h1-7,11,18-21,29,32-33,37H,8-10H2,(H2,28,34)(H,30,35)(H,31,36). The van der Waals surface area contributed by atoms with Crippen molar-refractivity contribution in [2.75, 3.05) is 0 Å². The number of nitrogens with two attached hydrogens (primary N) is 1. The largest absolute Gasteiger partial charge is 0.390 e. The van der Waals surface area contributed by atoms with E-state index in [2.05, 4.69) is 15.6 Å². The van der Waals surface area contributed by atoms with Crippen LogP contribution < -0.4 is 16.4 Å². The number of H-pyrrole nitrogens is 1. The van der Waals surface area contributed by atoms with Gasteiger partial charge in [-0.25, -0.2) is 4.39 Å². The Morgan fingerprint density at radius 2 is 1.92 bits per heavy atom. The Kier molecular flexibility index (Phi) is 7.51. The summed E-state index contributed by atoms with van der Waals surface area (Å²) < 4.78 is 13.4. The number of hydrogen-bond acceptors (Lipinski definition) is 6. The summed E-state index contributed by atoms with van der Waals surface area (Å²) >= 11 is 5.72. The number of carbonyl (C=O) groups is 3. The van der Waals surface area contributed by atoms with E-state index in [4.69, 9.17) is 17.3 Å². The molecule has 1 fully saturated rings. The Bertz CT molecular complexity index is 1350. The van der Waals surface area contributed by atoms with Gasteiger partial charge < -0.3 is 36.7 Å². The minimum Gasteiger partial charge on any atom is -0.390 e. The molecule has 0 radical (unpaired) electrons. The van der Waals surface area contributed by atoms with E-state index in [0.29, 0.717) is 5.56 Å². The minimum absolute atomic E-state index is 0.0285. The van der Waals surface area contributed by atoms with Crippen LogP contribution in [0.25, 0.3) is 10.9 Å². The van der Waals surface area contributed by atoms with Gasteiger partial charge in [-0.05, 0) is 29.8 Å². The highest BCUT2D eigenvalue weighted by Crippen LogP contribution is 2.30. The van der Waals surface area contributed by atoms with Crippen molar-refractivity contribution in [2.45, 2.75) is 49.2 Å². The monoisotopic (exact) mass is 532 g/mol. The second-order valence-corrected chi connectivity index (χ2v) is 9.61. The van der Waals surface area contributed by atoms with Gasteiger partial charge in [-0.1, -0.05) is 29.8 Å². The lowest BCUT2D eigenvalue weighted by molar-refractivity contribution is -0.159. The number of aromatic nitrogens is 1. The van der Waals surface area contributed by atoms with Crippen LogP contribution in [0.4, 0.5) is 4.39 Å². The highest BCUT2D eigenvalue weighted by atomic mass is 35.5. The van der Waals surface area contributed by atoms with E-state index >= 15 is 0 Å². The zero-order valence-electron chi connectivity index (χ0n) is 19.4. The number of aliphatic hydroxyl groups is 3. The van der Waals surface area contributed by atoms with Gasteiger partial charge in [0.2, 0.25) is 5.91 Å². The third kappa shape index (κ3) is 5.59. The Hall–Kier alpha value is -3.51. The molecule has 3 aromatic rings. The summed E-state index contributed by atoms with van der Waals surface area (Å²) in [4.78, 5) is 41.0. The van der Waals surface area contributed by atoms with Crippen molar-refractivity contribution in [3.63, 3.8) is 0 Å². The Labute approximate surface area is 215 Å². The van der Waals surface area contributed by atoms with Gasteiger partial charge in [0, 0.05) is 41.9 Å². The third-order valence-corrected chi connectivity index (χ3v) is 6.87. The van der Waals surface area contributed by atoms with Gasteiger partial charge in [-0.3, -0.25) is 14.4 Å². The lowest BCUT2D eigenvalue weighted by Gasteiger charge is -2.41. The van der Waals surface area contributed by atoms with Gasteiger partial charge in [0.1, 0.15) is 23.6 Å². The molecule has 8 N–H and O–H groups in total. The first-order valence-electron chi connectivity index (χ1n) is 11.5. The first-order valence-corrected chi connectivity index (χ1v) is 11.9. The summed E-state index contributed by atoms with van der Waals surface area (Å²) in [5.74, 6) is -3.32. The number of benzene rings is 2. The second-order valence-electron chi connectivity index (χ2n) is 9.20. The number of carbonyl (C=O) groups excluding carboxylic acids is 3. The zero-order valence-corrected chi connectivity index (χ0v) is 20.2. The molecule has 196 valence electrons. The summed E-state index contributed by atoms with van der Waals surface area (Å²) in [6.07, 6.45) is -2.38. The molecular formula is C25H26ClFN4O6. The quantitative estimate of drug-likeness (QED) is 0.233. The molecule has 5 atom stereocenters. The SMILES string of the molecule is NC(=O)C(Cc1c[nH]c2ccccc12)NC(=O)C1(O)CC(O)C(O)C(NC(=O)c2ccc(F)c(Cl)c2)C1. The second kappa shape index (κ2) is 10.5. The van der Waals surface area contributed by atoms with Crippen LogP contribution in [0.3, 0.4) is 0 Å². The molecule has 10 nitrogen and oxygen atoms in total. The molecule has 0 spiro atoms. The highest BCUT2D eigenvalue weighted by molar-refractivity contribution is 6.31. The van der Waals surface area contributed by atoms with Crippen molar-refractivity contribution in [3.8, 4) is 0 Å². The van der Waals surface area contributed by atoms with Crippen LogP contribution in [0.2, 0.25) is 5.02 Å². The summed E-state index contributed by atoms with van der Waals surface area (Å²) in [7, 11) is 0.